The number of rotatable bonds is 5. The highest BCUT2D eigenvalue weighted by Crippen LogP contribution is 2.24. The summed E-state index contributed by atoms with van der Waals surface area (Å²) in [6.07, 6.45) is 3.32. The van der Waals surface area contributed by atoms with E-state index in [-0.39, 0.29) is 5.91 Å². The predicted molar refractivity (Wildman–Crippen MR) is 94.1 cm³/mol. The minimum absolute atomic E-state index is 0.217. The Morgan fingerprint density at radius 3 is 2.43 bits per heavy atom. The molecule has 0 unspecified atom stereocenters. The molecule has 122 valence electrons. The van der Waals surface area contributed by atoms with Gasteiger partial charge in [0.05, 0.1) is 7.11 Å². The van der Waals surface area contributed by atoms with E-state index >= 15 is 0 Å². The van der Waals surface area contributed by atoms with E-state index in [0.29, 0.717) is 11.0 Å². The Morgan fingerprint density at radius 1 is 1.26 bits per heavy atom. The Kier molecular flexibility index (Phi) is 5.50. The number of hydrogen-bond acceptors (Lipinski definition) is 5. The van der Waals surface area contributed by atoms with E-state index in [1.807, 2.05) is 45.9 Å². The Hall–Kier alpha value is -2.21. The van der Waals surface area contributed by atoms with Crippen molar-refractivity contribution in [1.29, 1.82) is 0 Å². The molecule has 0 atom stereocenters. The first-order valence-electron chi connectivity index (χ1n) is 7.38. The summed E-state index contributed by atoms with van der Waals surface area (Å²) in [5, 5.41) is 12.2. The van der Waals surface area contributed by atoms with Crippen LogP contribution in [0.1, 0.15) is 41.5 Å². The molecule has 1 aromatic heterocycles. The van der Waals surface area contributed by atoms with Crippen LogP contribution in [0.3, 0.4) is 0 Å². The molecule has 2 aromatic rings. The second-order valence-electron chi connectivity index (χ2n) is 5.60. The number of aryl methyl sites for hydroxylation is 2. The van der Waals surface area contributed by atoms with Crippen LogP contribution >= 0.6 is 11.3 Å². The summed E-state index contributed by atoms with van der Waals surface area (Å²) in [5.41, 5.74) is 3.13. The third-order valence-electron chi connectivity index (χ3n) is 3.37. The lowest BCUT2D eigenvalue weighted by molar-refractivity contribution is -0.111. The fourth-order valence-electron chi connectivity index (χ4n) is 2.14. The standard InChI is InChI=1S/C17H21N3O2S/c1-10(2)16-19-20-17(23-16)18-15(21)7-6-14-11(3)8-13(22-5)9-12(14)4/h6-10H,1-5H3,(H,18,20,21)/b7-6+. The second kappa shape index (κ2) is 7.37. The topological polar surface area (TPSA) is 64.1 Å². The Balaban J connectivity index is 2.09. The summed E-state index contributed by atoms with van der Waals surface area (Å²) in [5.74, 6) is 0.904. The smallest absolute Gasteiger partial charge is 0.250 e. The number of nitrogens with one attached hydrogen (secondary N) is 1. The molecule has 1 amide bonds. The lowest BCUT2D eigenvalue weighted by Crippen LogP contribution is -2.07. The molecule has 5 nitrogen and oxygen atoms in total. The van der Waals surface area contributed by atoms with Gasteiger partial charge in [0.1, 0.15) is 10.8 Å². The van der Waals surface area contributed by atoms with Crippen LogP contribution in [0.2, 0.25) is 0 Å². The lowest BCUT2D eigenvalue weighted by Gasteiger charge is -2.08. The van der Waals surface area contributed by atoms with Crippen LogP contribution in [0.25, 0.3) is 6.08 Å². The van der Waals surface area contributed by atoms with Gasteiger partial charge in [-0.1, -0.05) is 25.2 Å². The monoisotopic (exact) mass is 331 g/mol. The molecule has 0 aliphatic carbocycles. The summed E-state index contributed by atoms with van der Waals surface area (Å²) >= 11 is 1.40. The number of aromatic nitrogens is 2. The van der Waals surface area contributed by atoms with Crippen LogP contribution in [0, 0.1) is 13.8 Å². The quantitative estimate of drug-likeness (QED) is 0.843. The first-order chi connectivity index (χ1) is 10.9. The van der Waals surface area contributed by atoms with Gasteiger partial charge < -0.3 is 4.74 Å². The highest BCUT2D eigenvalue weighted by Gasteiger charge is 2.09. The van der Waals surface area contributed by atoms with E-state index in [9.17, 15) is 4.79 Å². The summed E-state index contributed by atoms with van der Waals surface area (Å²) in [7, 11) is 1.64. The van der Waals surface area contributed by atoms with Crippen molar-refractivity contribution in [2.24, 2.45) is 0 Å². The molecule has 0 bridgehead atoms. The summed E-state index contributed by atoms with van der Waals surface area (Å²) in [6, 6.07) is 3.90. The molecule has 1 heterocycles. The van der Waals surface area contributed by atoms with E-state index in [1.54, 1.807) is 7.11 Å². The van der Waals surface area contributed by atoms with Crippen LogP contribution in [-0.4, -0.2) is 23.2 Å². The maximum absolute atomic E-state index is 12.0. The molecular formula is C17H21N3O2S. The first-order valence-corrected chi connectivity index (χ1v) is 8.20. The van der Waals surface area contributed by atoms with E-state index in [0.717, 1.165) is 27.4 Å². The van der Waals surface area contributed by atoms with Crippen molar-refractivity contribution in [3.8, 4) is 5.75 Å². The zero-order chi connectivity index (χ0) is 17.0. The van der Waals surface area contributed by atoms with Gasteiger partial charge in [-0.25, -0.2) is 0 Å². The number of hydrogen-bond donors (Lipinski definition) is 1. The summed E-state index contributed by atoms with van der Waals surface area (Å²) in [4.78, 5) is 12.0. The zero-order valence-electron chi connectivity index (χ0n) is 14.0. The molecule has 1 N–H and O–H groups in total. The van der Waals surface area contributed by atoms with Crippen molar-refractivity contribution in [2.45, 2.75) is 33.6 Å². The zero-order valence-corrected chi connectivity index (χ0v) is 14.8. The molecule has 0 radical (unpaired) electrons. The highest BCUT2D eigenvalue weighted by atomic mass is 32.1. The second-order valence-corrected chi connectivity index (χ2v) is 6.61. The molecule has 2 rings (SSSR count). The molecule has 0 saturated heterocycles. The number of amides is 1. The summed E-state index contributed by atoms with van der Waals surface area (Å²) < 4.78 is 5.24. The molecule has 0 spiro atoms. The van der Waals surface area contributed by atoms with Crippen LogP contribution < -0.4 is 10.1 Å². The third-order valence-corrected chi connectivity index (χ3v) is 4.51. The van der Waals surface area contributed by atoms with E-state index < -0.39 is 0 Å². The predicted octanol–water partition coefficient (Wildman–Crippen LogP) is 3.94. The molecule has 0 fully saturated rings. The van der Waals surface area contributed by atoms with Gasteiger partial charge in [-0.2, -0.15) is 0 Å². The molecule has 0 aliphatic heterocycles. The Morgan fingerprint density at radius 2 is 1.91 bits per heavy atom. The Labute approximate surface area is 140 Å². The van der Waals surface area contributed by atoms with Gasteiger partial charge in [0, 0.05) is 12.0 Å². The first kappa shape index (κ1) is 17.1. The minimum atomic E-state index is -0.217. The van der Waals surface area contributed by atoms with Gasteiger partial charge >= 0.3 is 0 Å². The third kappa shape index (κ3) is 4.39. The van der Waals surface area contributed by atoms with Gasteiger partial charge in [0.2, 0.25) is 11.0 Å². The van der Waals surface area contributed by atoms with E-state index in [1.165, 1.54) is 17.4 Å². The number of carbonyl (C=O) groups excluding carboxylic acids is 1. The molecule has 0 aliphatic rings. The van der Waals surface area contributed by atoms with Gasteiger partial charge in [-0.3, -0.25) is 10.1 Å². The fraction of sp³-hybridized carbons (Fsp3) is 0.353. The normalized spacial score (nSPS) is 11.2. The number of nitrogens with zero attached hydrogens (tertiary/aromatic N) is 2. The molecule has 6 heteroatoms. The van der Waals surface area contributed by atoms with Crippen molar-refractivity contribution in [3.05, 3.63) is 39.9 Å². The van der Waals surface area contributed by atoms with Crippen molar-refractivity contribution in [3.63, 3.8) is 0 Å². The lowest BCUT2D eigenvalue weighted by atomic mass is 10.0. The molecular weight excluding hydrogens is 310 g/mol. The average Bonchev–Trinajstić information content (AvgIpc) is 2.94. The maximum atomic E-state index is 12.0. The van der Waals surface area contributed by atoms with Crippen molar-refractivity contribution in [2.75, 3.05) is 12.4 Å². The SMILES string of the molecule is COc1cc(C)c(/C=C/C(=O)Nc2nnc(C(C)C)s2)c(C)c1. The number of methoxy groups -OCH3 is 1. The maximum Gasteiger partial charge on any atom is 0.250 e. The molecule has 1 aromatic carbocycles. The van der Waals surface area contributed by atoms with Gasteiger partial charge in [-0.15, -0.1) is 10.2 Å². The summed E-state index contributed by atoms with van der Waals surface area (Å²) in [6.45, 7) is 8.07. The minimum Gasteiger partial charge on any atom is -0.497 e. The fourth-order valence-corrected chi connectivity index (χ4v) is 2.89. The average molecular weight is 331 g/mol. The Bertz CT molecular complexity index is 712. The largest absolute Gasteiger partial charge is 0.497 e. The number of carbonyl (C=O) groups is 1. The number of anilines is 1. The van der Waals surface area contributed by atoms with Crippen molar-refractivity contribution < 1.29 is 9.53 Å². The van der Waals surface area contributed by atoms with Crippen molar-refractivity contribution in [1.82, 2.24) is 10.2 Å². The molecule has 23 heavy (non-hydrogen) atoms. The number of benzene rings is 1. The van der Waals surface area contributed by atoms with E-state index in [4.69, 9.17) is 4.74 Å². The van der Waals surface area contributed by atoms with Crippen molar-refractivity contribution >= 4 is 28.5 Å². The van der Waals surface area contributed by atoms with Crippen LogP contribution in [0.15, 0.2) is 18.2 Å². The van der Waals surface area contributed by atoms with Crippen LogP contribution in [0.4, 0.5) is 5.13 Å². The highest BCUT2D eigenvalue weighted by molar-refractivity contribution is 7.15. The number of ether oxygens (including phenoxy) is 1. The van der Waals surface area contributed by atoms with E-state index in [2.05, 4.69) is 15.5 Å². The molecule has 0 saturated carbocycles. The van der Waals surface area contributed by atoms with Gasteiger partial charge in [-0.05, 0) is 48.7 Å². The van der Waals surface area contributed by atoms with Crippen LogP contribution in [0.5, 0.6) is 5.75 Å². The van der Waals surface area contributed by atoms with Gasteiger partial charge in [0.15, 0.2) is 0 Å². The van der Waals surface area contributed by atoms with Gasteiger partial charge in [0.25, 0.3) is 0 Å². The van der Waals surface area contributed by atoms with Crippen LogP contribution in [-0.2, 0) is 4.79 Å².